The first-order valence-corrected chi connectivity index (χ1v) is 11.7. The maximum absolute atomic E-state index is 13.6. The predicted octanol–water partition coefficient (Wildman–Crippen LogP) is 1.04. The molecule has 12 heteroatoms. The lowest BCUT2D eigenvalue weighted by molar-refractivity contribution is -0.485. The second-order valence-corrected chi connectivity index (χ2v) is 8.38. The molecule has 0 fully saturated rings. The number of rotatable bonds is 13. The SMILES string of the molecule is N/C(=N/[N+](=O)[O-])C(N)CCC(NC(=O)C(c1ccccc1)c1ccccc1)C(=O)NCCc1cnc[nH]1. The van der Waals surface area contributed by atoms with Crippen LogP contribution < -0.4 is 22.1 Å². The molecule has 1 aromatic heterocycles. The summed E-state index contributed by atoms with van der Waals surface area (Å²) in [6, 6.07) is 16.6. The summed E-state index contributed by atoms with van der Waals surface area (Å²) in [5.74, 6) is -1.80. The summed E-state index contributed by atoms with van der Waals surface area (Å²) in [6.45, 7) is 0.311. The number of carbonyl (C=O) groups is 2. The van der Waals surface area contributed by atoms with Gasteiger partial charge < -0.3 is 27.1 Å². The number of aromatic amines is 1. The van der Waals surface area contributed by atoms with E-state index in [0.717, 1.165) is 16.8 Å². The van der Waals surface area contributed by atoms with Crippen LogP contribution in [0.4, 0.5) is 0 Å². The van der Waals surface area contributed by atoms with Gasteiger partial charge in [-0.1, -0.05) is 60.7 Å². The first-order chi connectivity index (χ1) is 17.8. The van der Waals surface area contributed by atoms with Crippen LogP contribution in [0.3, 0.4) is 0 Å². The van der Waals surface area contributed by atoms with Gasteiger partial charge in [0.05, 0.1) is 23.4 Å². The number of amidine groups is 1. The number of nitro groups is 1. The van der Waals surface area contributed by atoms with E-state index in [9.17, 15) is 19.7 Å². The number of nitrogens with one attached hydrogen (secondary N) is 3. The van der Waals surface area contributed by atoms with E-state index in [-0.39, 0.29) is 24.6 Å². The van der Waals surface area contributed by atoms with Gasteiger partial charge in [0.25, 0.3) is 0 Å². The number of nitrogens with zero attached hydrogens (tertiary/aromatic N) is 3. The van der Waals surface area contributed by atoms with Crippen molar-refractivity contribution in [1.82, 2.24) is 20.6 Å². The van der Waals surface area contributed by atoms with Gasteiger partial charge in [-0.25, -0.2) is 15.1 Å². The fourth-order valence-electron chi connectivity index (χ4n) is 3.84. The third-order valence-corrected chi connectivity index (χ3v) is 5.75. The molecule has 2 aromatic carbocycles. The monoisotopic (exact) mass is 506 g/mol. The third kappa shape index (κ3) is 8.25. The number of hydrogen-bond donors (Lipinski definition) is 5. The van der Waals surface area contributed by atoms with E-state index in [1.807, 2.05) is 60.7 Å². The average molecular weight is 507 g/mol. The quantitative estimate of drug-likeness (QED) is 0.0988. The van der Waals surface area contributed by atoms with Gasteiger partial charge in [0.1, 0.15) is 6.04 Å². The van der Waals surface area contributed by atoms with Crippen molar-refractivity contribution in [3.05, 3.63) is 100 Å². The number of nitrogens with two attached hydrogens (primary N) is 2. The molecule has 2 amide bonds. The Morgan fingerprint density at radius 2 is 1.65 bits per heavy atom. The molecule has 3 rings (SSSR count). The first kappa shape index (κ1) is 27.0. The van der Waals surface area contributed by atoms with Crippen molar-refractivity contribution in [2.24, 2.45) is 16.6 Å². The van der Waals surface area contributed by atoms with E-state index in [1.54, 1.807) is 12.5 Å². The van der Waals surface area contributed by atoms with Crippen molar-refractivity contribution in [2.45, 2.75) is 37.3 Å². The van der Waals surface area contributed by atoms with Crippen molar-refractivity contribution in [3.8, 4) is 0 Å². The van der Waals surface area contributed by atoms with Gasteiger partial charge in [-0.3, -0.25) is 9.59 Å². The maximum atomic E-state index is 13.6. The highest BCUT2D eigenvalue weighted by atomic mass is 16.7. The molecule has 2 unspecified atom stereocenters. The average Bonchev–Trinajstić information content (AvgIpc) is 3.41. The number of benzene rings is 2. The molecule has 12 nitrogen and oxygen atoms in total. The Hall–Kier alpha value is -4.58. The van der Waals surface area contributed by atoms with Gasteiger partial charge in [-0.15, -0.1) is 0 Å². The standard InChI is InChI=1S/C25H30N8O4/c26-20(23(27)32-33(36)37)11-12-21(24(34)29-14-13-19-15-28-16-30-19)31-25(35)22(17-7-3-1-4-8-17)18-9-5-2-6-10-18/h1-10,15-16,20-22H,11-14,26H2,(H2,27,32)(H,28,30)(H,29,34)(H,31,35). The Labute approximate surface area is 213 Å². The van der Waals surface area contributed by atoms with Crippen LogP contribution in [-0.2, 0) is 16.0 Å². The van der Waals surface area contributed by atoms with Gasteiger partial charge in [0.2, 0.25) is 11.8 Å². The summed E-state index contributed by atoms with van der Waals surface area (Å²) < 4.78 is 0. The van der Waals surface area contributed by atoms with Crippen LogP contribution in [0.2, 0.25) is 0 Å². The second-order valence-electron chi connectivity index (χ2n) is 8.38. The molecule has 0 aliphatic heterocycles. The molecule has 194 valence electrons. The van der Waals surface area contributed by atoms with Crippen molar-refractivity contribution in [2.75, 3.05) is 6.54 Å². The van der Waals surface area contributed by atoms with Crippen LogP contribution in [0, 0.1) is 10.1 Å². The molecule has 0 saturated heterocycles. The van der Waals surface area contributed by atoms with Crippen LogP contribution in [0.25, 0.3) is 0 Å². The fourth-order valence-corrected chi connectivity index (χ4v) is 3.84. The topological polar surface area (TPSA) is 194 Å². The summed E-state index contributed by atoms with van der Waals surface area (Å²) in [5, 5.41) is 18.4. The minimum absolute atomic E-state index is 0.0867. The number of hydrazone groups is 1. The van der Waals surface area contributed by atoms with E-state index in [4.69, 9.17) is 11.5 Å². The summed E-state index contributed by atoms with van der Waals surface area (Å²) in [4.78, 5) is 44.2. The number of H-pyrrole nitrogens is 1. The molecule has 0 aliphatic rings. The van der Waals surface area contributed by atoms with Gasteiger partial charge in [-0.2, -0.15) is 0 Å². The lowest BCUT2D eigenvalue weighted by atomic mass is 9.90. The molecule has 7 N–H and O–H groups in total. The summed E-state index contributed by atoms with van der Waals surface area (Å²) in [5.41, 5.74) is 13.9. The largest absolute Gasteiger partial charge is 0.381 e. The smallest absolute Gasteiger partial charge is 0.242 e. The van der Waals surface area contributed by atoms with E-state index in [1.165, 1.54) is 0 Å². The molecule has 3 aromatic rings. The van der Waals surface area contributed by atoms with Crippen LogP contribution in [0.5, 0.6) is 0 Å². The van der Waals surface area contributed by atoms with E-state index in [0.29, 0.717) is 13.0 Å². The predicted molar refractivity (Wildman–Crippen MR) is 138 cm³/mol. The highest BCUT2D eigenvalue weighted by Crippen LogP contribution is 2.25. The second kappa shape index (κ2) is 13.5. The molecule has 0 saturated carbocycles. The van der Waals surface area contributed by atoms with Crippen LogP contribution >= 0.6 is 0 Å². The van der Waals surface area contributed by atoms with Crippen molar-refractivity contribution >= 4 is 17.6 Å². The molecular weight excluding hydrogens is 476 g/mol. The third-order valence-electron chi connectivity index (χ3n) is 5.75. The van der Waals surface area contributed by atoms with Crippen LogP contribution in [0.1, 0.15) is 35.6 Å². The number of imidazole rings is 1. The molecule has 37 heavy (non-hydrogen) atoms. The molecule has 0 spiro atoms. The van der Waals surface area contributed by atoms with E-state index < -0.39 is 28.9 Å². The van der Waals surface area contributed by atoms with Gasteiger partial charge in [0.15, 0.2) is 10.9 Å². The van der Waals surface area contributed by atoms with Crippen molar-refractivity contribution < 1.29 is 14.6 Å². The Kier molecular flexibility index (Phi) is 9.85. The van der Waals surface area contributed by atoms with Gasteiger partial charge in [0, 0.05) is 24.9 Å². The van der Waals surface area contributed by atoms with Crippen molar-refractivity contribution in [3.63, 3.8) is 0 Å². The highest BCUT2D eigenvalue weighted by molar-refractivity contribution is 5.92. The number of carbonyl (C=O) groups excluding carboxylic acids is 2. The molecule has 0 bridgehead atoms. The molecular formula is C25H30N8O4. The Balaban J connectivity index is 1.77. The fraction of sp³-hybridized carbons (Fsp3) is 0.280. The summed E-state index contributed by atoms with van der Waals surface area (Å²) in [6.07, 6.45) is 3.90. The molecule has 1 heterocycles. The number of amides is 2. The molecule has 0 aliphatic carbocycles. The summed E-state index contributed by atoms with van der Waals surface area (Å²) in [7, 11) is 0. The number of aromatic nitrogens is 2. The Morgan fingerprint density at radius 3 is 2.19 bits per heavy atom. The van der Waals surface area contributed by atoms with Gasteiger partial charge >= 0.3 is 0 Å². The van der Waals surface area contributed by atoms with E-state index in [2.05, 4.69) is 25.7 Å². The lowest BCUT2D eigenvalue weighted by Gasteiger charge is -2.24. The van der Waals surface area contributed by atoms with Crippen molar-refractivity contribution in [1.29, 1.82) is 0 Å². The first-order valence-electron chi connectivity index (χ1n) is 11.7. The van der Waals surface area contributed by atoms with E-state index >= 15 is 0 Å². The normalized spacial score (nSPS) is 13.1. The molecule has 2 atom stereocenters. The maximum Gasteiger partial charge on any atom is 0.242 e. The minimum Gasteiger partial charge on any atom is -0.381 e. The Bertz CT molecular complexity index is 1150. The zero-order valence-corrected chi connectivity index (χ0v) is 20.1. The molecule has 0 radical (unpaired) electrons. The number of hydrogen-bond acceptors (Lipinski definition) is 6. The van der Waals surface area contributed by atoms with Crippen LogP contribution in [0.15, 0.2) is 78.3 Å². The zero-order valence-electron chi connectivity index (χ0n) is 20.1. The lowest BCUT2D eigenvalue weighted by Crippen LogP contribution is -2.49. The minimum atomic E-state index is -0.960. The zero-order chi connectivity index (χ0) is 26.6. The highest BCUT2D eigenvalue weighted by Gasteiger charge is 2.28. The Morgan fingerprint density at radius 1 is 1.03 bits per heavy atom. The summed E-state index contributed by atoms with van der Waals surface area (Å²) >= 11 is 0. The van der Waals surface area contributed by atoms with Crippen LogP contribution in [-0.4, -0.2) is 51.3 Å². The van der Waals surface area contributed by atoms with Gasteiger partial charge in [-0.05, 0) is 24.0 Å².